The van der Waals surface area contributed by atoms with E-state index < -0.39 is 0 Å². The fourth-order valence-electron chi connectivity index (χ4n) is 0.450. The molecule has 1 atom stereocenters. The van der Waals surface area contributed by atoms with Crippen LogP contribution in [0.3, 0.4) is 0 Å². The van der Waals surface area contributed by atoms with E-state index in [-0.39, 0.29) is 6.61 Å². The first kappa shape index (κ1) is 7.92. The Labute approximate surface area is 50.2 Å². The molecule has 0 amide bonds. The van der Waals surface area contributed by atoms with E-state index in [0.717, 1.165) is 13.0 Å². The molecule has 0 aromatic heterocycles. The van der Waals surface area contributed by atoms with Gasteiger partial charge in [-0.25, -0.2) is 0 Å². The summed E-state index contributed by atoms with van der Waals surface area (Å²) in [5, 5.41) is 16.7. The third-order valence-electron chi connectivity index (χ3n) is 1.10. The fraction of sp³-hybridized carbons (Fsp3) is 0.833. The maximum atomic E-state index is 8.47. The molecule has 2 heteroatoms. The smallest absolute Gasteiger partial charge is 0.0799 e. The van der Waals surface area contributed by atoms with Crippen molar-refractivity contribution in [1.29, 1.82) is 0 Å². The van der Waals surface area contributed by atoms with Crippen molar-refractivity contribution in [3.05, 3.63) is 6.61 Å². The van der Waals surface area contributed by atoms with E-state index >= 15 is 0 Å². The summed E-state index contributed by atoms with van der Waals surface area (Å²) in [5.41, 5.74) is 0. The minimum absolute atomic E-state index is 0.216. The largest absolute Gasteiger partial charge is 0.396 e. The van der Waals surface area contributed by atoms with Gasteiger partial charge in [-0.15, -0.1) is 0 Å². The fourth-order valence-corrected chi connectivity index (χ4v) is 0.450. The molecule has 49 valence electrons. The summed E-state index contributed by atoms with van der Waals surface area (Å²) in [6, 6.07) is 0. The molecule has 0 spiro atoms. The molecule has 0 fully saturated rings. The molecule has 0 saturated carbocycles. The maximum absolute atomic E-state index is 8.47. The Hall–Kier alpha value is -0.0800. The van der Waals surface area contributed by atoms with Gasteiger partial charge in [-0.3, -0.25) is 0 Å². The summed E-state index contributed by atoms with van der Waals surface area (Å²) in [6.45, 7) is 3.30. The van der Waals surface area contributed by atoms with E-state index in [2.05, 4.69) is 0 Å². The zero-order valence-corrected chi connectivity index (χ0v) is 5.17. The van der Waals surface area contributed by atoms with Crippen molar-refractivity contribution in [3.8, 4) is 0 Å². The highest BCUT2D eigenvalue weighted by Crippen LogP contribution is 2.03. The first-order valence-electron chi connectivity index (χ1n) is 2.88. The highest BCUT2D eigenvalue weighted by Gasteiger charge is 1.96. The molecule has 0 bridgehead atoms. The second kappa shape index (κ2) is 5.06. The van der Waals surface area contributed by atoms with Gasteiger partial charge in [-0.1, -0.05) is 6.92 Å². The van der Waals surface area contributed by atoms with Gasteiger partial charge in [-0.2, -0.15) is 0 Å². The van der Waals surface area contributed by atoms with Crippen LogP contribution in [-0.2, 0) is 0 Å². The third-order valence-corrected chi connectivity index (χ3v) is 1.10. The molecule has 8 heavy (non-hydrogen) atoms. The Bertz CT molecular complexity index is 45.8. The lowest BCUT2D eigenvalue weighted by molar-refractivity contribution is 0.224. The van der Waals surface area contributed by atoms with Gasteiger partial charge in [0.25, 0.3) is 0 Å². The first-order chi connectivity index (χ1) is 3.81. The third kappa shape index (κ3) is 4.09. The summed E-state index contributed by atoms with van der Waals surface area (Å²) in [6.07, 6.45) is 1.55. The normalized spacial score (nSPS) is 13.9. The predicted molar refractivity (Wildman–Crippen MR) is 31.7 cm³/mol. The van der Waals surface area contributed by atoms with E-state index in [1.807, 2.05) is 6.92 Å². The van der Waals surface area contributed by atoms with E-state index in [1.54, 1.807) is 0 Å². The van der Waals surface area contributed by atoms with Crippen LogP contribution in [0.2, 0.25) is 0 Å². The SMILES string of the molecule is CC(CO)CC[CH]O. The highest BCUT2D eigenvalue weighted by atomic mass is 16.3. The summed E-state index contributed by atoms with van der Waals surface area (Å²) in [7, 11) is 0. The number of hydrogen-bond acceptors (Lipinski definition) is 2. The lowest BCUT2D eigenvalue weighted by Crippen LogP contribution is -1.99. The van der Waals surface area contributed by atoms with Gasteiger partial charge in [0.05, 0.1) is 6.61 Å². The molecule has 0 aliphatic carbocycles. The van der Waals surface area contributed by atoms with Crippen molar-refractivity contribution in [2.24, 2.45) is 5.92 Å². The van der Waals surface area contributed by atoms with Crippen molar-refractivity contribution >= 4 is 0 Å². The second-order valence-corrected chi connectivity index (χ2v) is 2.05. The lowest BCUT2D eigenvalue weighted by atomic mass is 10.1. The van der Waals surface area contributed by atoms with Crippen LogP contribution in [0.25, 0.3) is 0 Å². The van der Waals surface area contributed by atoms with Gasteiger partial charge in [0.1, 0.15) is 0 Å². The van der Waals surface area contributed by atoms with Crippen LogP contribution in [0, 0.1) is 12.5 Å². The zero-order chi connectivity index (χ0) is 6.41. The van der Waals surface area contributed by atoms with Crippen LogP contribution < -0.4 is 0 Å². The van der Waals surface area contributed by atoms with Crippen LogP contribution in [0.4, 0.5) is 0 Å². The van der Waals surface area contributed by atoms with Gasteiger partial charge in [0.15, 0.2) is 0 Å². The van der Waals surface area contributed by atoms with Crippen LogP contribution in [0.1, 0.15) is 19.8 Å². The molecule has 0 aliphatic heterocycles. The quantitative estimate of drug-likeness (QED) is 0.575. The number of hydrogen-bond donors (Lipinski definition) is 2. The molecule has 0 aliphatic rings. The average Bonchev–Trinajstić information content (AvgIpc) is 1.83. The number of aliphatic hydroxyl groups excluding tert-OH is 2. The molecule has 0 aromatic carbocycles. The summed E-state index contributed by atoms with van der Waals surface area (Å²) < 4.78 is 0. The Morgan fingerprint density at radius 2 is 2.25 bits per heavy atom. The summed E-state index contributed by atoms with van der Waals surface area (Å²) in [5.74, 6) is 0.318. The van der Waals surface area contributed by atoms with E-state index in [4.69, 9.17) is 10.2 Å². The molecule has 1 radical (unpaired) electrons. The predicted octanol–water partition coefficient (Wildman–Crippen LogP) is 0.929. The summed E-state index contributed by atoms with van der Waals surface area (Å²) >= 11 is 0. The van der Waals surface area contributed by atoms with Crippen molar-refractivity contribution in [2.45, 2.75) is 19.8 Å². The zero-order valence-electron chi connectivity index (χ0n) is 5.17. The molecule has 1 unspecified atom stereocenters. The standard InChI is InChI=1S/C6H13O2/c1-6(5-8)3-2-4-7/h4,6-8H,2-3,5H2,1H3. The minimum Gasteiger partial charge on any atom is -0.396 e. The Morgan fingerprint density at radius 1 is 1.62 bits per heavy atom. The average molecular weight is 117 g/mol. The van der Waals surface area contributed by atoms with Gasteiger partial charge >= 0.3 is 0 Å². The first-order valence-corrected chi connectivity index (χ1v) is 2.88. The van der Waals surface area contributed by atoms with Gasteiger partial charge in [0.2, 0.25) is 0 Å². The van der Waals surface area contributed by atoms with Crippen molar-refractivity contribution in [1.82, 2.24) is 0 Å². The molecular formula is C6H13O2. The topological polar surface area (TPSA) is 40.5 Å². The van der Waals surface area contributed by atoms with Crippen molar-refractivity contribution in [3.63, 3.8) is 0 Å². The van der Waals surface area contributed by atoms with Crippen molar-refractivity contribution in [2.75, 3.05) is 6.61 Å². The Balaban J connectivity index is 2.86. The molecule has 0 heterocycles. The van der Waals surface area contributed by atoms with Crippen LogP contribution in [0.15, 0.2) is 0 Å². The van der Waals surface area contributed by atoms with Gasteiger partial charge < -0.3 is 10.2 Å². The number of aliphatic hydroxyl groups is 2. The van der Waals surface area contributed by atoms with Gasteiger partial charge in [0, 0.05) is 6.61 Å². The number of rotatable bonds is 4. The minimum atomic E-state index is 0.216. The molecular weight excluding hydrogens is 104 g/mol. The van der Waals surface area contributed by atoms with Crippen molar-refractivity contribution < 1.29 is 10.2 Å². The van der Waals surface area contributed by atoms with Crippen LogP contribution in [0.5, 0.6) is 0 Å². The maximum Gasteiger partial charge on any atom is 0.0799 e. The van der Waals surface area contributed by atoms with Crippen LogP contribution >= 0.6 is 0 Å². The summed E-state index contributed by atoms with van der Waals surface area (Å²) in [4.78, 5) is 0. The van der Waals surface area contributed by atoms with E-state index in [1.165, 1.54) is 0 Å². The van der Waals surface area contributed by atoms with Crippen LogP contribution in [-0.4, -0.2) is 16.8 Å². The Kier molecular flexibility index (Phi) is 5.01. The highest BCUT2D eigenvalue weighted by molar-refractivity contribution is 4.53. The lowest BCUT2D eigenvalue weighted by Gasteiger charge is -2.03. The monoisotopic (exact) mass is 117 g/mol. The van der Waals surface area contributed by atoms with Gasteiger partial charge in [-0.05, 0) is 18.8 Å². The molecule has 0 rings (SSSR count). The molecule has 0 saturated heterocycles. The molecule has 0 aromatic rings. The van der Waals surface area contributed by atoms with E-state index in [0.29, 0.717) is 12.3 Å². The molecule has 2 nitrogen and oxygen atoms in total. The second-order valence-electron chi connectivity index (χ2n) is 2.05. The Morgan fingerprint density at radius 3 is 2.62 bits per heavy atom. The van der Waals surface area contributed by atoms with E-state index in [9.17, 15) is 0 Å². The molecule has 2 N–H and O–H groups in total.